The normalized spacial score (nSPS) is 28.3. The van der Waals surface area contributed by atoms with Crippen molar-refractivity contribution in [3.8, 4) is 0 Å². The van der Waals surface area contributed by atoms with Crippen molar-refractivity contribution in [2.75, 3.05) is 25.4 Å². The Morgan fingerprint density at radius 2 is 2.15 bits per heavy atom. The van der Waals surface area contributed by atoms with Gasteiger partial charge in [0.05, 0.1) is 0 Å². The fraction of sp³-hybridized carbons (Fsp3) is 0.625. The smallest absolute Gasteiger partial charge is 0.0318 e. The highest BCUT2D eigenvalue weighted by molar-refractivity contribution is 9.10. The van der Waals surface area contributed by atoms with Crippen molar-refractivity contribution in [3.63, 3.8) is 0 Å². The predicted octanol–water partition coefficient (Wildman–Crippen LogP) is 3.09. The molecule has 2 fully saturated rings. The molecular weight excluding hydrogens is 314 g/mol. The maximum absolute atomic E-state index is 5.93. The number of piperidine rings is 1. The highest BCUT2D eigenvalue weighted by atomic mass is 79.9. The van der Waals surface area contributed by atoms with Crippen LogP contribution in [0.25, 0.3) is 0 Å². The van der Waals surface area contributed by atoms with Gasteiger partial charge in [-0.25, -0.2) is 0 Å². The van der Waals surface area contributed by atoms with Crippen LogP contribution in [-0.4, -0.2) is 41.5 Å². The molecule has 3 rings (SSSR count). The van der Waals surface area contributed by atoms with E-state index in [1.807, 2.05) is 6.07 Å². The zero-order valence-electron chi connectivity index (χ0n) is 12.2. The number of hydrogen-bond acceptors (Lipinski definition) is 3. The largest absolute Gasteiger partial charge is 0.399 e. The summed E-state index contributed by atoms with van der Waals surface area (Å²) in [4.78, 5) is 5.31. The molecule has 0 bridgehead atoms. The molecule has 2 heterocycles. The lowest BCUT2D eigenvalue weighted by Crippen LogP contribution is -2.58. The number of nitrogens with zero attached hydrogens (tertiary/aromatic N) is 2. The Morgan fingerprint density at radius 1 is 1.30 bits per heavy atom. The van der Waals surface area contributed by atoms with Gasteiger partial charge >= 0.3 is 0 Å². The van der Waals surface area contributed by atoms with Crippen molar-refractivity contribution in [1.29, 1.82) is 0 Å². The van der Waals surface area contributed by atoms with Gasteiger partial charge in [0.15, 0.2) is 0 Å². The molecule has 110 valence electrons. The summed E-state index contributed by atoms with van der Waals surface area (Å²) in [5.41, 5.74) is 8.09. The average Bonchev–Trinajstić information content (AvgIpc) is 2.43. The number of anilines is 1. The highest BCUT2D eigenvalue weighted by Gasteiger charge is 2.32. The SMILES string of the molecule is CC1CN2CCCCC2CN1Cc1cc(N)ccc1Br. The van der Waals surface area contributed by atoms with E-state index in [0.717, 1.165) is 18.3 Å². The molecule has 0 amide bonds. The summed E-state index contributed by atoms with van der Waals surface area (Å²) in [5.74, 6) is 0. The van der Waals surface area contributed by atoms with Gasteiger partial charge in [-0.3, -0.25) is 9.80 Å². The predicted molar refractivity (Wildman–Crippen MR) is 87.6 cm³/mol. The molecule has 0 saturated carbocycles. The van der Waals surface area contributed by atoms with Crippen molar-refractivity contribution in [2.45, 2.75) is 44.8 Å². The van der Waals surface area contributed by atoms with E-state index in [-0.39, 0.29) is 0 Å². The van der Waals surface area contributed by atoms with Crippen LogP contribution >= 0.6 is 15.9 Å². The number of halogens is 1. The molecule has 0 spiro atoms. The summed E-state index contributed by atoms with van der Waals surface area (Å²) in [6.45, 7) is 7.06. The van der Waals surface area contributed by atoms with Crippen LogP contribution in [-0.2, 0) is 6.54 Å². The standard InChI is InChI=1S/C16H24BrN3/c1-12-9-19-7-3-2-4-15(19)11-20(12)10-13-8-14(18)5-6-16(13)17/h5-6,8,12,15H,2-4,7,9-11,18H2,1H3. The Morgan fingerprint density at radius 3 is 3.00 bits per heavy atom. The second kappa shape index (κ2) is 6.04. The summed E-state index contributed by atoms with van der Waals surface area (Å²) >= 11 is 3.65. The van der Waals surface area contributed by atoms with Gasteiger partial charge < -0.3 is 5.73 Å². The fourth-order valence-corrected chi connectivity index (χ4v) is 3.94. The molecule has 2 N–H and O–H groups in total. The first kappa shape index (κ1) is 14.4. The van der Waals surface area contributed by atoms with E-state index in [1.165, 1.54) is 48.9 Å². The van der Waals surface area contributed by atoms with Gasteiger partial charge in [0.2, 0.25) is 0 Å². The molecule has 2 saturated heterocycles. The van der Waals surface area contributed by atoms with Gasteiger partial charge in [-0.05, 0) is 50.1 Å². The number of nitrogen functional groups attached to an aromatic ring is 1. The van der Waals surface area contributed by atoms with Gasteiger partial charge in [-0.1, -0.05) is 22.4 Å². The Kier molecular flexibility index (Phi) is 4.34. The van der Waals surface area contributed by atoms with E-state index >= 15 is 0 Å². The zero-order chi connectivity index (χ0) is 14.1. The topological polar surface area (TPSA) is 32.5 Å². The number of hydrogen-bond donors (Lipinski definition) is 1. The Hall–Kier alpha value is -0.580. The van der Waals surface area contributed by atoms with Crippen LogP contribution in [0.2, 0.25) is 0 Å². The van der Waals surface area contributed by atoms with Crippen LogP contribution in [0.4, 0.5) is 5.69 Å². The van der Waals surface area contributed by atoms with Gasteiger partial charge in [0.25, 0.3) is 0 Å². The van der Waals surface area contributed by atoms with E-state index in [0.29, 0.717) is 6.04 Å². The fourth-order valence-electron chi connectivity index (χ4n) is 3.57. The molecule has 3 nitrogen and oxygen atoms in total. The first-order valence-corrected chi connectivity index (χ1v) is 8.45. The summed E-state index contributed by atoms with van der Waals surface area (Å²) in [6, 6.07) is 7.50. The lowest BCUT2D eigenvalue weighted by molar-refractivity contribution is 0.0110. The minimum atomic E-state index is 0.623. The summed E-state index contributed by atoms with van der Waals surface area (Å²) in [5, 5.41) is 0. The Bertz CT molecular complexity index is 477. The third-order valence-electron chi connectivity index (χ3n) is 4.76. The molecule has 2 atom stereocenters. The second-order valence-corrected chi connectivity index (χ2v) is 7.13. The molecule has 2 aliphatic heterocycles. The van der Waals surface area contributed by atoms with Crippen molar-refractivity contribution < 1.29 is 0 Å². The van der Waals surface area contributed by atoms with Gasteiger partial charge in [-0.15, -0.1) is 0 Å². The maximum atomic E-state index is 5.93. The monoisotopic (exact) mass is 337 g/mol. The molecule has 0 aliphatic carbocycles. The molecule has 0 aromatic heterocycles. The first-order chi connectivity index (χ1) is 9.63. The number of rotatable bonds is 2. The molecule has 1 aromatic carbocycles. The zero-order valence-corrected chi connectivity index (χ0v) is 13.8. The maximum Gasteiger partial charge on any atom is 0.0318 e. The van der Waals surface area contributed by atoms with Crippen LogP contribution in [0.5, 0.6) is 0 Å². The van der Waals surface area contributed by atoms with Gasteiger partial charge in [0, 0.05) is 41.9 Å². The van der Waals surface area contributed by atoms with Crippen LogP contribution < -0.4 is 5.73 Å². The van der Waals surface area contributed by atoms with E-state index < -0.39 is 0 Å². The second-order valence-electron chi connectivity index (χ2n) is 6.27. The van der Waals surface area contributed by atoms with Crippen LogP contribution in [0.3, 0.4) is 0 Å². The number of fused-ring (bicyclic) bond motifs is 1. The third-order valence-corrected chi connectivity index (χ3v) is 5.53. The van der Waals surface area contributed by atoms with Gasteiger partial charge in [-0.2, -0.15) is 0 Å². The summed E-state index contributed by atoms with van der Waals surface area (Å²) in [6.07, 6.45) is 4.14. The summed E-state index contributed by atoms with van der Waals surface area (Å²) in [7, 11) is 0. The lowest BCUT2D eigenvalue weighted by Gasteiger charge is -2.47. The number of piperazine rings is 1. The lowest BCUT2D eigenvalue weighted by atomic mass is 9.96. The molecule has 20 heavy (non-hydrogen) atoms. The first-order valence-electron chi connectivity index (χ1n) is 7.65. The number of benzene rings is 1. The number of nitrogens with two attached hydrogens (primary N) is 1. The molecule has 1 aromatic rings. The van der Waals surface area contributed by atoms with Crippen molar-refractivity contribution in [3.05, 3.63) is 28.2 Å². The average molecular weight is 338 g/mol. The van der Waals surface area contributed by atoms with E-state index in [9.17, 15) is 0 Å². The minimum Gasteiger partial charge on any atom is -0.399 e. The molecular formula is C16H24BrN3. The Labute approximate surface area is 130 Å². The van der Waals surface area contributed by atoms with Crippen molar-refractivity contribution >= 4 is 21.6 Å². The van der Waals surface area contributed by atoms with Gasteiger partial charge in [0.1, 0.15) is 0 Å². The summed E-state index contributed by atoms with van der Waals surface area (Å²) < 4.78 is 1.17. The van der Waals surface area contributed by atoms with Crippen molar-refractivity contribution in [1.82, 2.24) is 9.80 Å². The minimum absolute atomic E-state index is 0.623. The molecule has 0 radical (unpaired) electrons. The highest BCUT2D eigenvalue weighted by Crippen LogP contribution is 2.27. The Balaban J connectivity index is 1.71. The third kappa shape index (κ3) is 3.02. The van der Waals surface area contributed by atoms with Crippen molar-refractivity contribution in [2.24, 2.45) is 0 Å². The van der Waals surface area contributed by atoms with Crippen LogP contribution in [0, 0.1) is 0 Å². The van der Waals surface area contributed by atoms with E-state index in [4.69, 9.17) is 5.73 Å². The van der Waals surface area contributed by atoms with Crippen LogP contribution in [0.15, 0.2) is 22.7 Å². The molecule has 2 unspecified atom stereocenters. The van der Waals surface area contributed by atoms with E-state index in [1.54, 1.807) is 0 Å². The van der Waals surface area contributed by atoms with Crippen LogP contribution in [0.1, 0.15) is 31.7 Å². The van der Waals surface area contributed by atoms with E-state index in [2.05, 4.69) is 44.8 Å². The molecule has 2 aliphatic rings. The quantitative estimate of drug-likeness (QED) is 0.841. The molecule has 4 heteroatoms.